The fourth-order valence-corrected chi connectivity index (χ4v) is 2.57. The largest absolute Gasteiger partial charge is 0.416 e. The number of benzene rings is 2. The Bertz CT molecular complexity index is 752. The molecule has 1 aliphatic carbocycles. The molecule has 132 valence electrons. The lowest BCUT2D eigenvalue weighted by Crippen LogP contribution is -2.13. The second-order valence-electron chi connectivity index (χ2n) is 6.33. The Kier molecular flexibility index (Phi) is 4.70. The van der Waals surface area contributed by atoms with Crippen molar-refractivity contribution in [2.45, 2.75) is 32.0 Å². The molecule has 1 saturated carbocycles. The molecule has 1 amide bonds. The van der Waals surface area contributed by atoms with Gasteiger partial charge >= 0.3 is 6.18 Å². The van der Waals surface area contributed by atoms with E-state index in [1.54, 1.807) is 0 Å². The number of carbonyl (C=O) groups is 1. The van der Waals surface area contributed by atoms with Crippen molar-refractivity contribution in [3.05, 3.63) is 59.7 Å². The second-order valence-corrected chi connectivity index (χ2v) is 6.33. The van der Waals surface area contributed by atoms with Crippen molar-refractivity contribution in [3.63, 3.8) is 0 Å². The molecular weight excluding hydrogens is 329 g/mol. The van der Waals surface area contributed by atoms with Crippen molar-refractivity contribution >= 4 is 17.3 Å². The fourth-order valence-electron chi connectivity index (χ4n) is 2.57. The average molecular weight is 348 g/mol. The summed E-state index contributed by atoms with van der Waals surface area (Å²) in [6, 6.07) is 12.3. The number of hydrogen-bond acceptors (Lipinski definition) is 2. The predicted molar refractivity (Wildman–Crippen MR) is 91.3 cm³/mol. The molecule has 2 aromatic carbocycles. The summed E-state index contributed by atoms with van der Waals surface area (Å²) in [5.41, 5.74) is 1.59. The minimum Gasteiger partial charge on any atom is -0.378 e. The van der Waals surface area contributed by atoms with Crippen LogP contribution in [0.3, 0.4) is 0 Å². The highest BCUT2D eigenvalue weighted by molar-refractivity contribution is 5.94. The Morgan fingerprint density at radius 2 is 1.72 bits per heavy atom. The van der Waals surface area contributed by atoms with Crippen LogP contribution in [0.5, 0.6) is 0 Å². The van der Waals surface area contributed by atoms with Crippen molar-refractivity contribution in [1.29, 1.82) is 0 Å². The summed E-state index contributed by atoms with van der Waals surface area (Å²) in [5.74, 6) is 0.163. The first-order chi connectivity index (χ1) is 11.8. The third-order valence-corrected chi connectivity index (χ3v) is 4.20. The van der Waals surface area contributed by atoms with Gasteiger partial charge in [0.25, 0.3) is 0 Å². The van der Waals surface area contributed by atoms with Gasteiger partial charge in [-0.15, -0.1) is 0 Å². The van der Waals surface area contributed by atoms with E-state index in [9.17, 15) is 18.0 Å². The maximum atomic E-state index is 12.6. The van der Waals surface area contributed by atoms with Crippen LogP contribution in [0.1, 0.15) is 36.9 Å². The fraction of sp³-hybridized carbons (Fsp3) is 0.316. The normalized spacial score (nSPS) is 15.5. The molecule has 3 nitrogen and oxygen atoms in total. The molecular formula is C19H19F3N2O. The summed E-state index contributed by atoms with van der Waals surface area (Å²) in [7, 11) is 0. The van der Waals surface area contributed by atoms with Crippen LogP contribution in [0.2, 0.25) is 0 Å². The lowest BCUT2D eigenvalue weighted by atomic mass is 10.1. The third-order valence-electron chi connectivity index (χ3n) is 4.20. The molecule has 2 aromatic rings. The first-order valence-electron chi connectivity index (χ1n) is 8.17. The summed E-state index contributed by atoms with van der Waals surface area (Å²) in [4.78, 5) is 11.8. The van der Waals surface area contributed by atoms with Gasteiger partial charge < -0.3 is 10.6 Å². The van der Waals surface area contributed by atoms with Gasteiger partial charge in [-0.2, -0.15) is 13.2 Å². The van der Waals surface area contributed by atoms with E-state index in [1.807, 2.05) is 31.2 Å². The van der Waals surface area contributed by atoms with Gasteiger partial charge in [0.1, 0.15) is 0 Å². The quantitative estimate of drug-likeness (QED) is 0.777. The van der Waals surface area contributed by atoms with Crippen LogP contribution < -0.4 is 10.6 Å². The number of carbonyl (C=O) groups excluding carboxylic acids is 1. The topological polar surface area (TPSA) is 41.1 Å². The molecule has 2 N–H and O–H groups in total. The molecule has 1 unspecified atom stereocenters. The number of anilines is 2. The number of halogens is 3. The maximum Gasteiger partial charge on any atom is 0.416 e. The first-order valence-corrected chi connectivity index (χ1v) is 8.17. The number of amides is 1. The monoisotopic (exact) mass is 348 g/mol. The predicted octanol–water partition coefficient (Wildman–Crippen LogP) is 5.23. The Labute approximate surface area is 144 Å². The molecule has 3 rings (SSSR count). The van der Waals surface area contributed by atoms with Gasteiger partial charge in [0, 0.05) is 23.3 Å². The SMILES string of the molecule is CC(Nc1cccc(NC(=O)C2CC2)c1)c1ccc(C(F)(F)F)cc1. The Balaban J connectivity index is 1.66. The lowest BCUT2D eigenvalue weighted by molar-refractivity contribution is -0.137. The highest BCUT2D eigenvalue weighted by Gasteiger charge is 2.30. The molecule has 25 heavy (non-hydrogen) atoms. The Morgan fingerprint density at radius 3 is 2.32 bits per heavy atom. The molecule has 1 fully saturated rings. The van der Waals surface area contributed by atoms with E-state index in [0.29, 0.717) is 5.69 Å². The lowest BCUT2D eigenvalue weighted by Gasteiger charge is -2.17. The van der Waals surface area contributed by atoms with Gasteiger partial charge in [-0.05, 0) is 55.7 Å². The van der Waals surface area contributed by atoms with Crippen LogP contribution in [0.15, 0.2) is 48.5 Å². The molecule has 0 radical (unpaired) electrons. The van der Waals surface area contributed by atoms with Gasteiger partial charge in [0.15, 0.2) is 0 Å². The molecule has 0 heterocycles. The summed E-state index contributed by atoms with van der Waals surface area (Å²) < 4.78 is 37.9. The van der Waals surface area contributed by atoms with E-state index in [4.69, 9.17) is 0 Å². The number of rotatable bonds is 5. The van der Waals surface area contributed by atoms with Gasteiger partial charge in [-0.1, -0.05) is 18.2 Å². The van der Waals surface area contributed by atoms with Crippen LogP contribution in [0.4, 0.5) is 24.5 Å². The van der Waals surface area contributed by atoms with Crippen LogP contribution in [0, 0.1) is 5.92 Å². The number of alkyl halides is 3. The molecule has 0 aliphatic heterocycles. The van der Waals surface area contributed by atoms with Crippen LogP contribution in [-0.4, -0.2) is 5.91 Å². The Hall–Kier alpha value is -2.50. The van der Waals surface area contributed by atoms with E-state index in [1.165, 1.54) is 12.1 Å². The van der Waals surface area contributed by atoms with Crippen molar-refractivity contribution in [2.24, 2.45) is 5.92 Å². The van der Waals surface area contributed by atoms with E-state index >= 15 is 0 Å². The zero-order valence-electron chi connectivity index (χ0n) is 13.7. The van der Waals surface area contributed by atoms with E-state index < -0.39 is 11.7 Å². The molecule has 1 aliphatic rings. The van der Waals surface area contributed by atoms with E-state index in [0.717, 1.165) is 36.2 Å². The smallest absolute Gasteiger partial charge is 0.378 e. The standard InChI is InChI=1S/C19H19F3N2O/c1-12(13-7-9-15(10-8-13)19(20,21)22)23-16-3-2-4-17(11-16)24-18(25)14-5-6-14/h2-4,7-12,14,23H,5-6H2,1H3,(H,24,25). The zero-order chi connectivity index (χ0) is 18.0. The highest BCUT2D eigenvalue weighted by Crippen LogP contribution is 2.32. The van der Waals surface area contributed by atoms with Gasteiger partial charge in [0.05, 0.1) is 5.56 Å². The molecule has 0 aromatic heterocycles. The summed E-state index contributed by atoms with van der Waals surface area (Å²) in [6.07, 6.45) is -2.45. The first kappa shape index (κ1) is 17.3. The highest BCUT2D eigenvalue weighted by atomic mass is 19.4. The molecule has 0 spiro atoms. The molecule has 0 saturated heterocycles. The van der Waals surface area contributed by atoms with Gasteiger partial charge in [0.2, 0.25) is 5.91 Å². The molecule has 0 bridgehead atoms. The van der Waals surface area contributed by atoms with Crippen molar-refractivity contribution < 1.29 is 18.0 Å². The maximum absolute atomic E-state index is 12.6. The van der Waals surface area contributed by atoms with Crippen molar-refractivity contribution in [1.82, 2.24) is 0 Å². The van der Waals surface area contributed by atoms with Crippen molar-refractivity contribution in [3.8, 4) is 0 Å². The Morgan fingerprint density at radius 1 is 1.08 bits per heavy atom. The summed E-state index contributed by atoms with van der Waals surface area (Å²) >= 11 is 0. The van der Waals surface area contributed by atoms with Crippen LogP contribution in [-0.2, 0) is 11.0 Å². The van der Waals surface area contributed by atoms with E-state index in [2.05, 4.69) is 10.6 Å². The number of nitrogens with one attached hydrogen (secondary N) is 2. The second kappa shape index (κ2) is 6.78. The van der Waals surface area contributed by atoms with Gasteiger partial charge in [-0.25, -0.2) is 0 Å². The minimum atomic E-state index is -4.33. The van der Waals surface area contributed by atoms with Crippen molar-refractivity contribution in [2.75, 3.05) is 10.6 Å². The summed E-state index contributed by atoms with van der Waals surface area (Å²) in [5, 5.41) is 6.12. The molecule has 6 heteroatoms. The summed E-state index contributed by atoms with van der Waals surface area (Å²) in [6.45, 7) is 1.87. The van der Waals surface area contributed by atoms with E-state index in [-0.39, 0.29) is 17.9 Å². The zero-order valence-corrected chi connectivity index (χ0v) is 13.7. The van der Waals surface area contributed by atoms with Gasteiger partial charge in [-0.3, -0.25) is 4.79 Å². The number of hydrogen-bond donors (Lipinski definition) is 2. The third kappa shape index (κ3) is 4.53. The average Bonchev–Trinajstić information content (AvgIpc) is 3.39. The molecule has 1 atom stereocenters. The van der Waals surface area contributed by atoms with Crippen LogP contribution in [0.25, 0.3) is 0 Å². The minimum absolute atomic E-state index is 0.0351. The van der Waals surface area contributed by atoms with Crippen LogP contribution >= 0.6 is 0 Å².